The van der Waals surface area contributed by atoms with Gasteiger partial charge in [0.25, 0.3) is 0 Å². The number of carbonyl (C=O) groups excluding carboxylic acids is 1. The van der Waals surface area contributed by atoms with Gasteiger partial charge < -0.3 is 10.3 Å². The van der Waals surface area contributed by atoms with E-state index in [2.05, 4.69) is 36.3 Å². The zero-order valence-electron chi connectivity index (χ0n) is 17.1. The van der Waals surface area contributed by atoms with Crippen molar-refractivity contribution in [3.05, 3.63) is 100 Å². The molecule has 2 N–H and O–H groups in total. The average Bonchev–Trinajstić information content (AvgIpc) is 2.74. The monoisotopic (exact) mass is 396 g/mol. The Kier molecular flexibility index (Phi) is 5.48. The molecule has 1 heterocycles. The van der Waals surface area contributed by atoms with Crippen LogP contribution in [0.25, 0.3) is 22.0 Å². The normalized spacial score (nSPS) is 11.0. The Morgan fingerprint density at radius 1 is 0.900 bits per heavy atom. The molecule has 0 spiro atoms. The van der Waals surface area contributed by atoms with Gasteiger partial charge in [0.2, 0.25) is 11.5 Å². The fraction of sp³-hybridized carbons (Fsp3) is 0.154. The second-order valence-electron chi connectivity index (χ2n) is 7.79. The van der Waals surface area contributed by atoms with E-state index in [1.807, 2.05) is 60.7 Å². The van der Waals surface area contributed by atoms with Crippen LogP contribution >= 0.6 is 0 Å². The average molecular weight is 396 g/mol. The fourth-order valence-electron chi connectivity index (χ4n) is 3.68. The molecule has 0 fully saturated rings. The lowest BCUT2D eigenvalue weighted by molar-refractivity contribution is -0.115. The minimum absolute atomic E-state index is 0.0934. The first-order valence-electron chi connectivity index (χ1n) is 10.1. The van der Waals surface area contributed by atoms with Crippen molar-refractivity contribution in [2.24, 2.45) is 0 Å². The number of hydrogen-bond donors (Lipinski definition) is 2. The van der Waals surface area contributed by atoms with Gasteiger partial charge in [-0.1, -0.05) is 74.5 Å². The number of aromatic amines is 1. The number of nitrogens with one attached hydrogen (secondary N) is 2. The van der Waals surface area contributed by atoms with E-state index in [0.29, 0.717) is 5.69 Å². The lowest BCUT2D eigenvalue weighted by Gasteiger charge is -2.11. The van der Waals surface area contributed by atoms with Gasteiger partial charge in [-0.25, -0.2) is 0 Å². The molecule has 0 bridgehead atoms. The smallest absolute Gasteiger partial charge is 0.248 e. The summed E-state index contributed by atoms with van der Waals surface area (Å²) in [6.45, 7) is 4.12. The van der Waals surface area contributed by atoms with Crippen molar-refractivity contribution in [2.45, 2.75) is 26.2 Å². The summed E-state index contributed by atoms with van der Waals surface area (Å²) in [5.74, 6) is 0.151. The largest absolute Gasteiger partial charge is 0.326 e. The van der Waals surface area contributed by atoms with Crippen LogP contribution in [0.1, 0.15) is 30.9 Å². The first kappa shape index (κ1) is 19.6. The quantitative estimate of drug-likeness (QED) is 0.468. The van der Waals surface area contributed by atoms with Crippen molar-refractivity contribution < 1.29 is 4.79 Å². The van der Waals surface area contributed by atoms with Crippen LogP contribution in [0.3, 0.4) is 0 Å². The van der Waals surface area contributed by atoms with Crippen LogP contribution in [0, 0.1) is 0 Å². The maximum atomic E-state index is 12.5. The zero-order valence-corrected chi connectivity index (χ0v) is 17.1. The van der Waals surface area contributed by atoms with E-state index < -0.39 is 0 Å². The zero-order chi connectivity index (χ0) is 21.1. The van der Waals surface area contributed by atoms with Crippen LogP contribution in [0.2, 0.25) is 0 Å². The molecule has 1 aromatic heterocycles. The molecular formula is C26H24N2O2. The van der Waals surface area contributed by atoms with E-state index in [-0.39, 0.29) is 23.8 Å². The Labute approximate surface area is 175 Å². The van der Waals surface area contributed by atoms with Crippen molar-refractivity contribution in [1.82, 2.24) is 4.98 Å². The van der Waals surface area contributed by atoms with E-state index in [9.17, 15) is 9.59 Å². The van der Waals surface area contributed by atoms with Gasteiger partial charge in [-0.3, -0.25) is 9.59 Å². The molecule has 0 saturated heterocycles. The molecule has 30 heavy (non-hydrogen) atoms. The molecule has 0 radical (unpaired) electrons. The first-order chi connectivity index (χ1) is 14.5. The van der Waals surface area contributed by atoms with Crippen LogP contribution in [0.5, 0.6) is 0 Å². The first-order valence-corrected chi connectivity index (χ1v) is 10.1. The molecular weight excluding hydrogens is 372 g/mol. The lowest BCUT2D eigenvalue weighted by Crippen LogP contribution is -2.14. The summed E-state index contributed by atoms with van der Waals surface area (Å²) < 4.78 is 0. The number of hydrogen-bond acceptors (Lipinski definition) is 2. The van der Waals surface area contributed by atoms with E-state index >= 15 is 0 Å². The number of H-pyrrole nitrogens is 1. The van der Waals surface area contributed by atoms with Gasteiger partial charge >= 0.3 is 0 Å². The number of rotatable bonds is 5. The molecule has 4 heteroatoms. The molecule has 3 aromatic carbocycles. The molecule has 0 saturated carbocycles. The number of pyridine rings is 1. The van der Waals surface area contributed by atoms with E-state index in [4.69, 9.17) is 0 Å². The van der Waals surface area contributed by atoms with E-state index in [1.54, 1.807) is 6.07 Å². The molecule has 0 atom stereocenters. The molecule has 4 rings (SSSR count). The van der Waals surface area contributed by atoms with Crippen molar-refractivity contribution in [3.8, 4) is 11.1 Å². The standard InChI is InChI=1S/C26H24N2O2/c1-17(2)23-16-26(30)28-24-15-21(12-13-22(23)24)27-25(29)14-18-8-10-20(11-9-18)19-6-4-3-5-7-19/h3-13,15-17H,14H2,1-2H3,(H,27,29)(H,28,30). The Morgan fingerprint density at radius 3 is 2.30 bits per heavy atom. The Balaban J connectivity index is 1.49. The van der Waals surface area contributed by atoms with E-state index in [0.717, 1.165) is 33.2 Å². The summed E-state index contributed by atoms with van der Waals surface area (Å²) in [7, 11) is 0. The maximum Gasteiger partial charge on any atom is 0.248 e. The van der Waals surface area contributed by atoms with Crippen molar-refractivity contribution in [3.63, 3.8) is 0 Å². The molecule has 4 nitrogen and oxygen atoms in total. The summed E-state index contributed by atoms with van der Waals surface area (Å²) in [5.41, 5.74) is 5.50. The molecule has 0 unspecified atom stereocenters. The molecule has 0 aliphatic carbocycles. The summed E-state index contributed by atoms with van der Waals surface area (Å²) in [6, 6.07) is 25.5. The van der Waals surface area contributed by atoms with Gasteiger partial charge in [0.05, 0.1) is 11.9 Å². The maximum absolute atomic E-state index is 12.5. The minimum atomic E-state index is -0.131. The number of carbonyl (C=O) groups is 1. The summed E-state index contributed by atoms with van der Waals surface area (Å²) in [6.07, 6.45) is 0.287. The molecule has 4 aromatic rings. The highest BCUT2D eigenvalue weighted by Crippen LogP contribution is 2.25. The van der Waals surface area contributed by atoms with Crippen LogP contribution in [-0.2, 0) is 11.2 Å². The molecule has 1 amide bonds. The van der Waals surface area contributed by atoms with Crippen molar-refractivity contribution in [1.29, 1.82) is 0 Å². The predicted octanol–water partition coefficient (Wildman–Crippen LogP) is 5.50. The fourth-order valence-corrected chi connectivity index (χ4v) is 3.68. The Bertz CT molecular complexity index is 1240. The number of anilines is 1. The molecule has 0 aliphatic rings. The number of fused-ring (bicyclic) bond motifs is 1. The summed E-state index contributed by atoms with van der Waals surface area (Å²) >= 11 is 0. The van der Waals surface area contributed by atoms with Gasteiger partial charge in [0.1, 0.15) is 0 Å². The second kappa shape index (κ2) is 8.37. The Hall–Kier alpha value is -3.66. The van der Waals surface area contributed by atoms with Gasteiger partial charge in [0, 0.05) is 17.1 Å². The van der Waals surface area contributed by atoms with Crippen LogP contribution in [-0.4, -0.2) is 10.9 Å². The Morgan fingerprint density at radius 2 is 1.60 bits per heavy atom. The number of benzene rings is 3. The highest BCUT2D eigenvalue weighted by molar-refractivity contribution is 5.95. The second-order valence-corrected chi connectivity index (χ2v) is 7.79. The summed E-state index contributed by atoms with van der Waals surface area (Å²) in [5, 5.41) is 3.94. The van der Waals surface area contributed by atoms with Crippen LogP contribution < -0.4 is 10.9 Å². The van der Waals surface area contributed by atoms with Crippen LogP contribution in [0.4, 0.5) is 5.69 Å². The van der Waals surface area contributed by atoms with E-state index in [1.165, 1.54) is 0 Å². The van der Waals surface area contributed by atoms with Crippen LogP contribution in [0.15, 0.2) is 83.7 Å². The predicted molar refractivity (Wildman–Crippen MR) is 123 cm³/mol. The van der Waals surface area contributed by atoms with Gasteiger partial charge in [0.15, 0.2) is 0 Å². The highest BCUT2D eigenvalue weighted by Gasteiger charge is 2.10. The molecule has 0 aliphatic heterocycles. The van der Waals surface area contributed by atoms with Gasteiger partial charge in [-0.2, -0.15) is 0 Å². The third kappa shape index (κ3) is 4.33. The number of amides is 1. The third-order valence-electron chi connectivity index (χ3n) is 5.21. The van der Waals surface area contributed by atoms with Gasteiger partial charge in [-0.15, -0.1) is 0 Å². The van der Waals surface area contributed by atoms with Crippen molar-refractivity contribution >= 4 is 22.5 Å². The lowest BCUT2D eigenvalue weighted by atomic mass is 9.99. The molecule has 150 valence electrons. The van der Waals surface area contributed by atoms with Crippen molar-refractivity contribution in [2.75, 3.05) is 5.32 Å². The van der Waals surface area contributed by atoms with Gasteiger partial charge in [-0.05, 0) is 40.3 Å². The number of aromatic nitrogens is 1. The SMILES string of the molecule is CC(C)c1cc(=O)[nH]c2cc(NC(=O)Cc3ccc(-c4ccccc4)cc3)ccc12. The highest BCUT2D eigenvalue weighted by atomic mass is 16.1. The third-order valence-corrected chi connectivity index (χ3v) is 5.21. The summed E-state index contributed by atoms with van der Waals surface area (Å²) in [4.78, 5) is 27.4. The minimum Gasteiger partial charge on any atom is -0.326 e. The topological polar surface area (TPSA) is 62.0 Å².